The van der Waals surface area contributed by atoms with Crippen LogP contribution in [0.25, 0.3) is 0 Å². The zero-order valence-corrected chi connectivity index (χ0v) is 19.4. The maximum atomic E-state index is 11.6. The minimum atomic E-state index is -1.50. The van der Waals surface area contributed by atoms with Crippen LogP contribution in [0.4, 0.5) is 0 Å². The average molecular weight is 445 g/mol. The van der Waals surface area contributed by atoms with Crippen LogP contribution < -0.4 is 0 Å². The summed E-state index contributed by atoms with van der Waals surface area (Å²) in [5, 5.41) is 18.9. The van der Waals surface area contributed by atoms with Gasteiger partial charge in [0.25, 0.3) is 0 Å². The predicted octanol–water partition coefficient (Wildman–Crippen LogP) is 5.52. The molecule has 2 atom stereocenters. The van der Waals surface area contributed by atoms with E-state index in [1.54, 1.807) is 0 Å². The molecule has 0 spiro atoms. The maximum absolute atomic E-state index is 11.6. The minimum Gasteiger partial charge on any atom is -0.479 e. The highest BCUT2D eigenvalue weighted by molar-refractivity contribution is 5.84. The minimum absolute atomic E-state index is 0.333. The highest BCUT2D eigenvalue weighted by Crippen LogP contribution is 2.37. The van der Waals surface area contributed by atoms with E-state index in [0.29, 0.717) is 12.8 Å². The molecule has 32 heavy (non-hydrogen) atoms. The highest BCUT2D eigenvalue weighted by atomic mass is 16.8. The fourth-order valence-electron chi connectivity index (χ4n) is 3.86. The molecule has 0 aliphatic carbocycles. The van der Waals surface area contributed by atoms with Crippen molar-refractivity contribution in [1.29, 1.82) is 0 Å². The summed E-state index contributed by atoms with van der Waals surface area (Å²) in [4.78, 5) is 23.2. The van der Waals surface area contributed by atoms with Crippen LogP contribution in [-0.2, 0) is 25.5 Å². The SMILES string of the molecule is CC(C)=CCC/C(C)=C/CC1(CCCCCc2ccccc2)O[C@@H](C(=O)O)[C@H](C(=O)O)O1. The Bertz CT molecular complexity index is 785. The van der Waals surface area contributed by atoms with Gasteiger partial charge >= 0.3 is 11.9 Å². The van der Waals surface area contributed by atoms with Crippen LogP contribution >= 0.6 is 0 Å². The highest BCUT2D eigenvalue weighted by Gasteiger charge is 2.53. The topological polar surface area (TPSA) is 93.1 Å². The number of rotatable bonds is 13. The van der Waals surface area contributed by atoms with Crippen molar-refractivity contribution in [3.63, 3.8) is 0 Å². The Hall–Kier alpha value is -2.44. The molecule has 1 aliphatic heterocycles. The van der Waals surface area contributed by atoms with Gasteiger partial charge in [0.2, 0.25) is 0 Å². The molecule has 6 heteroatoms. The second kappa shape index (κ2) is 12.6. The van der Waals surface area contributed by atoms with Crippen molar-refractivity contribution in [2.45, 2.75) is 90.1 Å². The average Bonchev–Trinajstić information content (AvgIpc) is 3.14. The number of ether oxygens (including phenoxy) is 2. The standard InChI is InChI=1S/C26H36O6/c1-19(2)11-10-12-20(3)16-18-26(31-22(24(27)28)23(32-26)25(29)30)17-9-5-8-15-21-13-6-4-7-14-21/h4,6-7,11,13-14,16,22-23H,5,8-10,12,15,17-18H2,1-3H3,(H,27,28)(H,29,30)/b20-16+/t22-,23-/m1/s1. The van der Waals surface area contributed by atoms with Crippen molar-refractivity contribution in [2.75, 3.05) is 0 Å². The van der Waals surface area contributed by atoms with E-state index in [2.05, 4.69) is 32.1 Å². The number of carbonyl (C=O) groups is 2. The summed E-state index contributed by atoms with van der Waals surface area (Å²) in [5.41, 5.74) is 3.69. The molecule has 0 amide bonds. The van der Waals surface area contributed by atoms with E-state index in [1.165, 1.54) is 11.1 Å². The Labute approximate surface area is 190 Å². The number of aryl methyl sites for hydroxylation is 1. The van der Waals surface area contributed by atoms with Crippen LogP contribution in [0, 0.1) is 0 Å². The quantitative estimate of drug-likeness (QED) is 0.307. The lowest BCUT2D eigenvalue weighted by molar-refractivity contribution is -0.189. The number of aliphatic carboxylic acids is 2. The van der Waals surface area contributed by atoms with E-state index >= 15 is 0 Å². The number of allylic oxidation sites excluding steroid dienone is 3. The smallest absolute Gasteiger partial charge is 0.336 e. The van der Waals surface area contributed by atoms with Gasteiger partial charge in [0, 0.05) is 12.8 Å². The van der Waals surface area contributed by atoms with Gasteiger partial charge in [-0.05, 0) is 58.4 Å². The first-order valence-electron chi connectivity index (χ1n) is 11.4. The molecule has 0 unspecified atom stereocenters. The Balaban J connectivity index is 2.01. The first-order chi connectivity index (χ1) is 15.2. The molecule has 1 heterocycles. The molecule has 0 saturated carbocycles. The van der Waals surface area contributed by atoms with Crippen molar-refractivity contribution in [1.82, 2.24) is 0 Å². The molecular weight excluding hydrogens is 408 g/mol. The summed E-state index contributed by atoms with van der Waals surface area (Å²) in [6.45, 7) is 6.14. The summed E-state index contributed by atoms with van der Waals surface area (Å²) in [6, 6.07) is 10.2. The summed E-state index contributed by atoms with van der Waals surface area (Å²) in [6.07, 6.45) is 7.38. The largest absolute Gasteiger partial charge is 0.479 e. The molecule has 1 saturated heterocycles. The van der Waals surface area contributed by atoms with Gasteiger partial charge in [-0.2, -0.15) is 0 Å². The van der Waals surface area contributed by atoms with E-state index in [1.807, 2.05) is 31.2 Å². The molecule has 2 N–H and O–H groups in total. The summed E-state index contributed by atoms with van der Waals surface area (Å²) < 4.78 is 11.6. The third-order valence-corrected chi connectivity index (χ3v) is 5.66. The van der Waals surface area contributed by atoms with Gasteiger partial charge in [0.15, 0.2) is 18.0 Å². The predicted molar refractivity (Wildman–Crippen MR) is 123 cm³/mol. The molecule has 2 rings (SSSR count). The van der Waals surface area contributed by atoms with E-state index in [9.17, 15) is 19.8 Å². The molecule has 1 aromatic rings. The summed E-state index contributed by atoms with van der Waals surface area (Å²) >= 11 is 0. The molecule has 6 nitrogen and oxygen atoms in total. The van der Waals surface area contributed by atoms with Gasteiger partial charge < -0.3 is 19.7 Å². The molecule has 0 radical (unpaired) electrons. The Kier molecular flexibility index (Phi) is 10.1. The van der Waals surface area contributed by atoms with Crippen molar-refractivity contribution in [3.8, 4) is 0 Å². The number of carboxylic acids is 2. The second-order valence-electron chi connectivity index (χ2n) is 8.79. The van der Waals surface area contributed by atoms with Crippen molar-refractivity contribution < 1.29 is 29.3 Å². The molecule has 1 aromatic carbocycles. The number of benzene rings is 1. The lowest BCUT2D eigenvalue weighted by Gasteiger charge is -2.27. The van der Waals surface area contributed by atoms with Gasteiger partial charge in [-0.1, -0.05) is 60.1 Å². The van der Waals surface area contributed by atoms with Crippen LogP contribution in [0.2, 0.25) is 0 Å². The maximum Gasteiger partial charge on any atom is 0.336 e. The summed E-state index contributed by atoms with van der Waals surface area (Å²) in [5.74, 6) is -3.85. The third-order valence-electron chi connectivity index (χ3n) is 5.66. The number of hydrogen-bond donors (Lipinski definition) is 2. The van der Waals surface area contributed by atoms with Gasteiger partial charge in [-0.25, -0.2) is 9.59 Å². The molecule has 1 aliphatic rings. The fourth-order valence-corrected chi connectivity index (χ4v) is 3.86. The van der Waals surface area contributed by atoms with Crippen molar-refractivity contribution in [2.24, 2.45) is 0 Å². The van der Waals surface area contributed by atoms with Crippen LogP contribution in [-0.4, -0.2) is 40.1 Å². The molecular formula is C26H36O6. The van der Waals surface area contributed by atoms with Gasteiger partial charge in [0.1, 0.15) is 0 Å². The van der Waals surface area contributed by atoms with Crippen molar-refractivity contribution in [3.05, 3.63) is 59.2 Å². The van der Waals surface area contributed by atoms with Crippen molar-refractivity contribution >= 4 is 11.9 Å². The van der Waals surface area contributed by atoms with E-state index < -0.39 is 29.9 Å². The monoisotopic (exact) mass is 444 g/mol. The molecule has 1 fully saturated rings. The lowest BCUT2D eigenvalue weighted by Crippen LogP contribution is -2.36. The van der Waals surface area contributed by atoms with Gasteiger partial charge in [0.05, 0.1) is 0 Å². The third kappa shape index (κ3) is 8.24. The Morgan fingerprint density at radius 3 is 2.12 bits per heavy atom. The van der Waals surface area contributed by atoms with Gasteiger partial charge in [-0.15, -0.1) is 0 Å². The summed E-state index contributed by atoms with van der Waals surface area (Å²) in [7, 11) is 0. The number of carboxylic acid groups (broad SMARTS) is 2. The molecule has 0 bridgehead atoms. The zero-order valence-electron chi connectivity index (χ0n) is 19.4. The van der Waals surface area contributed by atoms with E-state index in [4.69, 9.17) is 9.47 Å². The second-order valence-corrected chi connectivity index (χ2v) is 8.79. The molecule has 0 aromatic heterocycles. The van der Waals surface area contributed by atoms with Gasteiger partial charge in [-0.3, -0.25) is 0 Å². The number of unbranched alkanes of at least 4 members (excludes halogenated alkanes) is 2. The van der Waals surface area contributed by atoms with Crippen LogP contribution in [0.1, 0.15) is 71.3 Å². The fraction of sp³-hybridized carbons (Fsp3) is 0.538. The van der Waals surface area contributed by atoms with Crippen LogP contribution in [0.3, 0.4) is 0 Å². The van der Waals surface area contributed by atoms with Crippen LogP contribution in [0.15, 0.2) is 53.6 Å². The normalized spacial score (nSPS) is 20.2. The first-order valence-corrected chi connectivity index (χ1v) is 11.4. The van der Waals surface area contributed by atoms with E-state index in [0.717, 1.165) is 44.1 Å². The Morgan fingerprint density at radius 2 is 1.56 bits per heavy atom. The first kappa shape index (κ1) is 25.8. The molecule has 176 valence electrons. The zero-order chi connectivity index (χ0) is 23.6. The lowest BCUT2D eigenvalue weighted by atomic mass is 9.99. The number of hydrogen-bond acceptors (Lipinski definition) is 4. The van der Waals surface area contributed by atoms with Crippen LogP contribution in [0.5, 0.6) is 0 Å². The Morgan fingerprint density at radius 1 is 0.938 bits per heavy atom. The van der Waals surface area contributed by atoms with E-state index in [-0.39, 0.29) is 0 Å².